The Morgan fingerprint density at radius 3 is 2.77 bits per heavy atom. The number of carbonyl (C=O) groups excluding carboxylic acids is 1. The second kappa shape index (κ2) is 8.14. The first-order valence-corrected chi connectivity index (χ1v) is 11.0. The Hall–Kier alpha value is -2.80. The zero-order valence-corrected chi connectivity index (χ0v) is 18.5. The lowest BCUT2D eigenvalue weighted by atomic mass is 9.80. The van der Waals surface area contributed by atoms with Crippen LogP contribution < -0.4 is 9.64 Å². The molecule has 0 saturated heterocycles. The van der Waals surface area contributed by atoms with Gasteiger partial charge < -0.3 is 9.64 Å². The zero-order chi connectivity index (χ0) is 21.3. The lowest BCUT2D eigenvalue weighted by Gasteiger charge is -2.46. The number of benzene rings is 2. The maximum Gasteiger partial charge on any atom is 0.237 e. The van der Waals surface area contributed by atoms with Crippen molar-refractivity contribution in [3.05, 3.63) is 54.1 Å². The first-order valence-electron chi connectivity index (χ1n) is 10.0. The number of hydrogen-bond acceptors (Lipinski definition) is 5. The molecular weight excluding hydrogens is 396 g/mol. The minimum Gasteiger partial charge on any atom is -0.497 e. The molecule has 0 saturated carbocycles. The molecule has 4 rings (SSSR count). The number of anilines is 1. The third kappa shape index (κ3) is 3.94. The fourth-order valence-corrected chi connectivity index (χ4v) is 4.88. The molecule has 0 unspecified atom stereocenters. The molecule has 0 bridgehead atoms. The first-order chi connectivity index (χ1) is 14.4. The largest absolute Gasteiger partial charge is 0.497 e. The van der Waals surface area contributed by atoms with Crippen molar-refractivity contribution in [2.75, 3.05) is 17.8 Å². The summed E-state index contributed by atoms with van der Waals surface area (Å²) in [7, 11) is 1.67. The van der Waals surface area contributed by atoms with Crippen LogP contribution in [0.1, 0.15) is 38.7 Å². The topological polar surface area (TPSA) is 71.1 Å². The molecule has 0 spiro atoms. The Balaban J connectivity index is 1.53. The highest BCUT2D eigenvalue weighted by molar-refractivity contribution is 7.99. The van der Waals surface area contributed by atoms with Crippen LogP contribution in [0.5, 0.6) is 5.75 Å². The fourth-order valence-electron chi connectivity index (χ4n) is 4.23. The van der Waals surface area contributed by atoms with Gasteiger partial charge in [-0.3, -0.25) is 9.89 Å². The Labute approximate surface area is 181 Å². The van der Waals surface area contributed by atoms with Gasteiger partial charge in [-0.2, -0.15) is 0 Å². The number of amides is 1. The van der Waals surface area contributed by atoms with E-state index in [1.54, 1.807) is 7.11 Å². The second-order valence-corrected chi connectivity index (χ2v) is 9.14. The minimum atomic E-state index is -0.271. The molecule has 1 N–H and O–H groups in total. The summed E-state index contributed by atoms with van der Waals surface area (Å²) in [4.78, 5) is 19.7. The van der Waals surface area contributed by atoms with Gasteiger partial charge in [0, 0.05) is 16.8 Å². The summed E-state index contributed by atoms with van der Waals surface area (Å²) < 4.78 is 5.39. The van der Waals surface area contributed by atoms with E-state index < -0.39 is 0 Å². The second-order valence-electron chi connectivity index (χ2n) is 8.19. The van der Waals surface area contributed by atoms with Gasteiger partial charge in [-0.15, -0.1) is 5.10 Å². The van der Waals surface area contributed by atoms with Gasteiger partial charge in [0.15, 0.2) is 5.82 Å². The van der Waals surface area contributed by atoms with Crippen molar-refractivity contribution >= 4 is 23.4 Å². The van der Waals surface area contributed by atoms with E-state index in [4.69, 9.17) is 4.74 Å². The molecule has 30 heavy (non-hydrogen) atoms. The zero-order valence-electron chi connectivity index (χ0n) is 17.7. The Bertz CT molecular complexity index is 1050. The third-order valence-electron chi connectivity index (χ3n) is 5.50. The quantitative estimate of drug-likeness (QED) is 0.593. The van der Waals surface area contributed by atoms with Crippen molar-refractivity contribution in [1.29, 1.82) is 0 Å². The number of hydrogen-bond donors (Lipinski definition) is 1. The molecule has 0 radical (unpaired) electrons. The highest BCUT2D eigenvalue weighted by Crippen LogP contribution is 2.44. The van der Waals surface area contributed by atoms with E-state index in [9.17, 15) is 4.79 Å². The number of thioether (sulfide) groups is 1. The standard InChI is InChI=1S/C23H26N4O2S/c1-15-13-23(2,3)27(19-11-10-17(29-4)12-18(15)19)20(28)14-30-22-24-21(25-26-22)16-8-6-5-7-9-16/h5-12,15H,13-14H2,1-4H3,(H,24,25,26)/t15-/m1/s1. The van der Waals surface area contributed by atoms with Crippen LogP contribution in [0.4, 0.5) is 5.69 Å². The molecular formula is C23H26N4O2S. The summed E-state index contributed by atoms with van der Waals surface area (Å²) in [6.07, 6.45) is 0.891. The lowest BCUT2D eigenvalue weighted by molar-refractivity contribution is -0.117. The van der Waals surface area contributed by atoms with Crippen LogP contribution in [-0.2, 0) is 4.79 Å². The average Bonchev–Trinajstić information content (AvgIpc) is 3.21. The van der Waals surface area contributed by atoms with E-state index in [1.807, 2.05) is 53.4 Å². The molecule has 1 aliphatic heterocycles. The maximum atomic E-state index is 13.3. The van der Waals surface area contributed by atoms with Gasteiger partial charge in [0.1, 0.15) is 5.75 Å². The number of nitrogens with zero attached hydrogens (tertiary/aromatic N) is 3. The van der Waals surface area contributed by atoms with E-state index in [0.717, 1.165) is 29.0 Å². The number of aromatic nitrogens is 3. The van der Waals surface area contributed by atoms with Crippen LogP contribution >= 0.6 is 11.8 Å². The third-order valence-corrected chi connectivity index (χ3v) is 6.34. The summed E-state index contributed by atoms with van der Waals surface area (Å²) in [5.74, 6) is 2.19. The van der Waals surface area contributed by atoms with Gasteiger partial charge >= 0.3 is 0 Å². The number of methoxy groups -OCH3 is 1. The number of aromatic amines is 1. The molecule has 1 aromatic heterocycles. The van der Waals surface area contributed by atoms with Crippen molar-refractivity contribution in [3.63, 3.8) is 0 Å². The predicted octanol–water partition coefficient (Wildman–Crippen LogP) is 4.89. The monoisotopic (exact) mass is 422 g/mol. The summed E-state index contributed by atoms with van der Waals surface area (Å²) in [6.45, 7) is 6.45. The summed E-state index contributed by atoms with van der Waals surface area (Å²) in [5, 5.41) is 7.79. The molecule has 1 aliphatic rings. The summed E-state index contributed by atoms with van der Waals surface area (Å²) >= 11 is 1.35. The number of rotatable bonds is 5. The molecule has 0 aliphatic carbocycles. The molecule has 2 aromatic carbocycles. The average molecular weight is 423 g/mol. The van der Waals surface area contributed by atoms with Crippen molar-refractivity contribution in [2.24, 2.45) is 0 Å². The number of H-pyrrole nitrogens is 1. The summed E-state index contributed by atoms with van der Waals surface area (Å²) in [5.41, 5.74) is 2.81. The molecule has 1 amide bonds. The first kappa shape index (κ1) is 20.5. The maximum absolute atomic E-state index is 13.3. The summed E-state index contributed by atoms with van der Waals surface area (Å²) in [6, 6.07) is 15.8. The van der Waals surface area contributed by atoms with Crippen LogP contribution in [0.15, 0.2) is 53.7 Å². The van der Waals surface area contributed by atoms with Crippen molar-refractivity contribution in [1.82, 2.24) is 15.2 Å². The highest BCUT2D eigenvalue weighted by atomic mass is 32.2. The Kier molecular flexibility index (Phi) is 5.56. The van der Waals surface area contributed by atoms with Crippen LogP contribution in [0.25, 0.3) is 11.4 Å². The number of carbonyl (C=O) groups is 1. The SMILES string of the molecule is COc1ccc2c(c1)[C@H](C)CC(C)(C)N2C(=O)CSc1n[nH]c(-c2ccccc2)n1. The van der Waals surface area contributed by atoms with Gasteiger partial charge in [0.25, 0.3) is 0 Å². The van der Waals surface area contributed by atoms with Gasteiger partial charge in [0.05, 0.1) is 12.9 Å². The van der Waals surface area contributed by atoms with Gasteiger partial charge in [-0.05, 0) is 49.9 Å². The van der Waals surface area contributed by atoms with E-state index in [2.05, 4.69) is 36.0 Å². The minimum absolute atomic E-state index is 0.0503. The van der Waals surface area contributed by atoms with Crippen LogP contribution in [0, 0.1) is 0 Å². The van der Waals surface area contributed by atoms with Crippen molar-refractivity contribution in [3.8, 4) is 17.1 Å². The number of ether oxygens (including phenoxy) is 1. The Morgan fingerprint density at radius 2 is 2.03 bits per heavy atom. The van der Waals surface area contributed by atoms with Gasteiger partial charge in [0.2, 0.25) is 11.1 Å². The van der Waals surface area contributed by atoms with E-state index in [1.165, 1.54) is 11.8 Å². The molecule has 156 valence electrons. The predicted molar refractivity (Wildman–Crippen MR) is 120 cm³/mol. The van der Waals surface area contributed by atoms with Crippen LogP contribution in [0.3, 0.4) is 0 Å². The van der Waals surface area contributed by atoms with Crippen LogP contribution in [0.2, 0.25) is 0 Å². The van der Waals surface area contributed by atoms with E-state index >= 15 is 0 Å². The lowest BCUT2D eigenvalue weighted by Crippen LogP contribution is -2.52. The molecule has 0 fully saturated rings. The normalized spacial score (nSPS) is 17.5. The molecule has 7 heteroatoms. The van der Waals surface area contributed by atoms with E-state index in [-0.39, 0.29) is 17.2 Å². The molecule has 2 heterocycles. The fraction of sp³-hybridized carbons (Fsp3) is 0.348. The molecule has 6 nitrogen and oxygen atoms in total. The molecule has 3 aromatic rings. The highest BCUT2D eigenvalue weighted by Gasteiger charge is 2.40. The van der Waals surface area contributed by atoms with E-state index in [0.29, 0.717) is 16.9 Å². The number of nitrogens with one attached hydrogen (secondary N) is 1. The molecule has 1 atom stereocenters. The van der Waals surface area contributed by atoms with Crippen molar-refractivity contribution < 1.29 is 9.53 Å². The van der Waals surface area contributed by atoms with Gasteiger partial charge in [-0.25, -0.2) is 4.98 Å². The smallest absolute Gasteiger partial charge is 0.237 e. The Morgan fingerprint density at radius 1 is 1.27 bits per heavy atom. The van der Waals surface area contributed by atoms with Crippen molar-refractivity contribution in [2.45, 2.75) is 43.8 Å². The van der Waals surface area contributed by atoms with Crippen LogP contribution in [-0.4, -0.2) is 39.5 Å². The van der Waals surface area contributed by atoms with Gasteiger partial charge in [-0.1, -0.05) is 49.0 Å². The number of fused-ring (bicyclic) bond motifs is 1.